The average molecular weight is 310 g/mol. The topological polar surface area (TPSA) is 70.5 Å². The third-order valence-corrected chi connectivity index (χ3v) is 4.14. The van der Waals surface area contributed by atoms with Crippen molar-refractivity contribution in [3.05, 3.63) is 58.4 Å². The SMILES string of the molecule is Cc1ccc2c(c1)N(C(=O)c1ccc(C(=O)O)c(C)n1)CCC2. The highest BCUT2D eigenvalue weighted by Crippen LogP contribution is 2.29. The summed E-state index contributed by atoms with van der Waals surface area (Å²) in [4.78, 5) is 29.8. The minimum absolute atomic E-state index is 0.122. The molecule has 5 nitrogen and oxygen atoms in total. The quantitative estimate of drug-likeness (QED) is 0.925. The standard InChI is InChI=1S/C18H18N2O3/c1-11-5-6-13-4-3-9-20(16(13)10-11)17(21)15-8-7-14(18(22)23)12(2)19-15/h5-8,10H,3-4,9H2,1-2H3,(H,22,23). The van der Waals surface area contributed by atoms with Crippen molar-refractivity contribution < 1.29 is 14.7 Å². The molecular weight excluding hydrogens is 292 g/mol. The number of fused-ring (bicyclic) bond motifs is 1. The smallest absolute Gasteiger partial charge is 0.337 e. The van der Waals surface area contributed by atoms with E-state index in [1.165, 1.54) is 12.1 Å². The summed E-state index contributed by atoms with van der Waals surface area (Å²) in [5.74, 6) is -1.22. The van der Waals surface area contributed by atoms with Gasteiger partial charge in [-0.05, 0) is 56.0 Å². The fourth-order valence-electron chi connectivity index (χ4n) is 2.94. The number of carboxylic acids is 1. The van der Waals surface area contributed by atoms with E-state index < -0.39 is 5.97 Å². The Morgan fingerprint density at radius 3 is 2.65 bits per heavy atom. The van der Waals surface area contributed by atoms with Crippen LogP contribution in [0.2, 0.25) is 0 Å². The molecule has 0 spiro atoms. The normalized spacial score (nSPS) is 13.6. The zero-order valence-electron chi connectivity index (χ0n) is 13.2. The van der Waals surface area contributed by atoms with Crippen molar-refractivity contribution in [2.45, 2.75) is 26.7 Å². The zero-order valence-corrected chi connectivity index (χ0v) is 13.2. The highest BCUT2D eigenvalue weighted by Gasteiger charge is 2.25. The largest absolute Gasteiger partial charge is 0.478 e. The molecule has 1 aliphatic rings. The van der Waals surface area contributed by atoms with Crippen LogP contribution in [0, 0.1) is 13.8 Å². The number of aryl methyl sites for hydroxylation is 3. The van der Waals surface area contributed by atoms with Gasteiger partial charge in [-0.25, -0.2) is 9.78 Å². The van der Waals surface area contributed by atoms with Gasteiger partial charge in [-0.2, -0.15) is 0 Å². The number of carbonyl (C=O) groups excluding carboxylic acids is 1. The number of nitrogens with zero attached hydrogens (tertiary/aromatic N) is 2. The van der Waals surface area contributed by atoms with Crippen molar-refractivity contribution in [1.82, 2.24) is 4.98 Å². The first-order chi connectivity index (χ1) is 11.0. The summed E-state index contributed by atoms with van der Waals surface area (Å²) in [6.07, 6.45) is 1.87. The lowest BCUT2D eigenvalue weighted by atomic mass is 9.99. The van der Waals surface area contributed by atoms with E-state index in [-0.39, 0.29) is 17.2 Å². The second kappa shape index (κ2) is 5.83. The highest BCUT2D eigenvalue weighted by atomic mass is 16.4. The molecule has 0 aliphatic carbocycles. The molecule has 2 aromatic rings. The lowest BCUT2D eigenvalue weighted by Gasteiger charge is -2.29. The summed E-state index contributed by atoms with van der Waals surface area (Å²) in [7, 11) is 0. The summed E-state index contributed by atoms with van der Waals surface area (Å²) >= 11 is 0. The lowest BCUT2D eigenvalue weighted by Crippen LogP contribution is -2.36. The predicted octanol–water partition coefficient (Wildman–Crippen LogP) is 2.99. The minimum Gasteiger partial charge on any atom is -0.478 e. The maximum atomic E-state index is 12.8. The average Bonchev–Trinajstić information content (AvgIpc) is 2.53. The molecule has 2 heterocycles. The van der Waals surface area contributed by atoms with Crippen molar-refractivity contribution in [2.75, 3.05) is 11.4 Å². The Bertz CT molecular complexity index is 799. The van der Waals surface area contributed by atoms with E-state index in [0.29, 0.717) is 12.2 Å². The molecule has 0 fully saturated rings. The zero-order chi connectivity index (χ0) is 16.6. The highest BCUT2D eigenvalue weighted by molar-refractivity contribution is 6.06. The number of amides is 1. The molecule has 1 aromatic heterocycles. The molecule has 1 N–H and O–H groups in total. The van der Waals surface area contributed by atoms with Crippen LogP contribution in [-0.2, 0) is 6.42 Å². The first-order valence-corrected chi connectivity index (χ1v) is 7.59. The Kier molecular flexibility index (Phi) is 3.86. The Morgan fingerprint density at radius 1 is 1.17 bits per heavy atom. The monoisotopic (exact) mass is 310 g/mol. The maximum absolute atomic E-state index is 12.8. The van der Waals surface area contributed by atoms with E-state index in [4.69, 9.17) is 5.11 Å². The van der Waals surface area contributed by atoms with Gasteiger partial charge in [0, 0.05) is 12.2 Å². The maximum Gasteiger partial charge on any atom is 0.337 e. The molecule has 0 atom stereocenters. The van der Waals surface area contributed by atoms with Gasteiger partial charge in [0.15, 0.2) is 0 Å². The van der Waals surface area contributed by atoms with Gasteiger partial charge in [0.05, 0.1) is 11.3 Å². The summed E-state index contributed by atoms with van der Waals surface area (Å²) in [6, 6.07) is 9.07. The van der Waals surface area contributed by atoms with Gasteiger partial charge in [-0.1, -0.05) is 12.1 Å². The fraction of sp³-hybridized carbons (Fsp3) is 0.278. The summed E-state index contributed by atoms with van der Waals surface area (Å²) < 4.78 is 0. The molecule has 0 bridgehead atoms. The van der Waals surface area contributed by atoms with Gasteiger partial charge in [0.1, 0.15) is 5.69 Å². The van der Waals surface area contributed by atoms with Gasteiger partial charge in [0.25, 0.3) is 5.91 Å². The van der Waals surface area contributed by atoms with Crippen LogP contribution in [0.3, 0.4) is 0 Å². The number of carbonyl (C=O) groups is 2. The van der Waals surface area contributed by atoms with Gasteiger partial charge < -0.3 is 10.0 Å². The van der Waals surface area contributed by atoms with Gasteiger partial charge in [-0.15, -0.1) is 0 Å². The number of aromatic carboxylic acids is 1. The van der Waals surface area contributed by atoms with E-state index in [9.17, 15) is 9.59 Å². The summed E-state index contributed by atoms with van der Waals surface area (Å²) in [6.45, 7) is 4.26. The van der Waals surface area contributed by atoms with E-state index in [1.54, 1.807) is 11.8 Å². The molecule has 1 aliphatic heterocycles. The van der Waals surface area contributed by atoms with Crippen LogP contribution in [0.5, 0.6) is 0 Å². The van der Waals surface area contributed by atoms with Crippen LogP contribution in [0.25, 0.3) is 0 Å². The van der Waals surface area contributed by atoms with Crippen molar-refractivity contribution in [2.24, 2.45) is 0 Å². The van der Waals surface area contributed by atoms with E-state index >= 15 is 0 Å². The second-order valence-corrected chi connectivity index (χ2v) is 5.83. The first-order valence-electron chi connectivity index (χ1n) is 7.59. The molecule has 0 unspecified atom stereocenters. The molecule has 118 valence electrons. The first kappa shape index (κ1) is 15.2. The molecule has 1 amide bonds. The third kappa shape index (κ3) is 2.82. The molecule has 0 saturated carbocycles. The van der Waals surface area contributed by atoms with Crippen LogP contribution in [0.15, 0.2) is 30.3 Å². The number of anilines is 1. The van der Waals surface area contributed by atoms with Crippen LogP contribution in [-0.4, -0.2) is 28.5 Å². The molecule has 3 rings (SSSR count). The summed E-state index contributed by atoms with van der Waals surface area (Å²) in [5.41, 5.74) is 3.95. The molecule has 0 saturated heterocycles. The molecule has 0 radical (unpaired) electrons. The number of benzene rings is 1. The number of aromatic nitrogens is 1. The number of carboxylic acid groups (broad SMARTS) is 1. The Labute approximate surface area is 134 Å². The second-order valence-electron chi connectivity index (χ2n) is 5.83. The number of pyridine rings is 1. The molecule has 23 heavy (non-hydrogen) atoms. The lowest BCUT2D eigenvalue weighted by molar-refractivity contribution is 0.0695. The Hall–Kier alpha value is -2.69. The van der Waals surface area contributed by atoms with Crippen LogP contribution in [0.1, 0.15) is 44.1 Å². The van der Waals surface area contributed by atoms with Crippen LogP contribution >= 0.6 is 0 Å². The van der Waals surface area contributed by atoms with Crippen molar-refractivity contribution in [3.8, 4) is 0 Å². The van der Waals surface area contributed by atoms with Crippen LogP contribution < -0.4 is 4.90 Å². The number of hydrogen-bond acceptors (Lipinski definition) is 3. The van der Waals surface area contributed by atoms with Gasteiger partial charge in [0.2, 0.25) is 0 Å². The van der Waals surface area contributed by atoms with Crippen molar-refractivity contribution in [3.63, 3.8) is 0 Å². The molecule has 1 aromatic carbocycles. The van der Waals surface area contributed by atoms with E-state index in [2.05, 4.69) is 17.1 Å². The molecular formula is C18H18N2O3. The van der Waals surface area contributed by atoms with Crippen molar-refractivity contribution in [1.29, 1.82) is 0 Å². The van der Waals surface area contributed by atoms with E-state index in [1.807, 2.05) is 13.0 Å². The van der Waals surface area contributed by atoms with Gasteiger partial charge >= 0.3 is 5.97 Å². The predicted molar refractivity (Wildman–Crippen MR) is 87.1 cm³/mol. The molecule has 5 heteroatoms. The number of hydrogen-bond donors (Lipinski definition) is 1. The Morgan fingerprint density at radius 2 is 1.96 bits per heavy atom. The third-order valence-electron chi connectivity index (χ3n) is 4.14. The fourth-order valence-corrected chi connectivity index (χ4v) is 2.94. The summed E-state index contributed by atoms with van der Waals surface area (Å²) in [5, 5.41) is 9.07. The van der Waals surface area contributed by atoms with E-state index in [0.717, 1.165) is 29.7 Å². The Balaban J connectivity index is 1.98. The van der Waals surface area contributed by atoms with Crippen molar-refractivity contribution >= 4 is 17.6 Å². The van der Waals surface area contributed by atoms with Crippen LogP contribution in [0.4, 0.5) is 5.69 Å². The minimum atomic E-state index is -1.03. The van der Waals surface area contributed by atoms with Gasteiger partial charge in [-0.3, -0.25) is 4.79 Å². The number of rotatable bonds is 2.